The molecule has 1 unspecified atom stereocenters. The van der Waals surface area contributed by atoms with Crippen LogP contribution in [0.2, 0.25) is 0 Å². The van der Waals surface area contributed by atoms with Crippen molar-refractivity contribution >= 4 is 34.5 Å². The van der Waals surface area contributed by atoms with Crippen LogP contribution in [0.15, 0.2) is 42.6 Å². The predicted octanol–water partition coefficient (Wildman–Crippen LogP) is 2.40. The van der Waals surface area contributed by atoms with Crippen LogP contribution in [0.25, 0.3) is 10.9 Å². The number of carbonyl (C=O) groups is 4. The molecule has 2 N–H and O–H groups in total. The summed E-state index contributed by atoms with van der Waals surface area (Å²) < 4.78 is 6.13. The molecule has 190 valence electrons. The molecule has 0 spiro atoms. The Hall–Kier alpha value is -4.21. The van der Waals surface area contributed by atoms with E-state index in [1.54, 1.807) is 18.3 Å². The number of imide groups is 1. The molecule has 2 aromatic carbocycles. The second kappa shape index (κ2) is 9.34. The van der Waals surface area contributed by atoms with Gasteiger partial charge in [0.1, 0.15) is 18.4 Å². The van der Waals surface area contributed by atoms with Crippen LogP contribution < -0.4 is 10.1 Å². The van der Waals surface area contributed by atoms with E-state index < -0.39 is 11.9 Å². The zero-order valence-electron chi connectivity index (χ0n) is 20.2. The monoisotopic (exact) mass is 501 g/mol. The molecule has 3 aromatic rings. The van der Waals surface area contributed by atoms with E-state index in [2.05, 4.69) is 15.5 Å². The van der Waals surface area contributed by atoms with Gasteiger partial charge in [-0.2, -0.15) is 5.10 Å². The summed E-state index contributed by atoms with van der Waals surface area (Å²) in [5.74, 6) is -0.354. The van der Waals surface area contributed by atoms with Gasteiger partial charge >= 0.3 is 0 Å². The van der Waals surface area contributed by atoms with E-state index in [-0.39, 0.29) is 30.2 Å². The topological polar surface area (TPSA) is 125 Å². The maximum absolute atomic E-state index is 13.3. The fourth-order valence-corrected chi connectivity index (χ4v) is 5.51. The number of benzene rings is 2. The lowest BCUT2D eigenvalue weighted by Gasteiger charge is -2.35. The maximum Gasteiger partial charge on any atom is 0.255 e. The van der Waals surface area contributed by atoms with Gasteiger partial charge in [-0.05, 0) is 61.6 Å². The highest BCUT2D eigenvalue weighted by molar-refractivity contribution is 6.05. The van der Waals surface area contributed by atoms with Crippen molar-refractivity contribution in [2.75, 3.05) is 13.2 Å². The summed E-state index contributed by atoms with van der Waals surface area (Å²) in [6.45, 7) is 1.32. The molecule has 0 bridgehead atoms. The summed E-state index contributed by atoms with van der Waals surface area (Å²) in [4.78, 5) is 53.5. The lowest BCUT2D eigenvalue weighted by atomic mass is 10.0. The van der Waals surface area contributed by atoms with Gasteiger partial charge in [0.25, 0.3) is 11.8 Å². The summed E-state index contributed by atoms with van der Waals surface area (Å²) in [6, 6.07) is 10.2. The molecule has 1 aromatic heterocycles. The summed E-state index contributed by atoms with van der Waals surface area (Å²) in [7, 11) is 0. The number of fused-ring (bicyclic) bond motifs is 2. The Bertz CT molecular complexity index is 1420. The van der Waals surface area contributed by atoms with E-state index in [4.69, 9.17) is 4.74 Å². The van der Waals surface area contributed by atoms with Gasteiger partial charge < -0.3 is 14.5 Å². The molecule has 37 heavy (non-hydrogen) atoms. The van der Waals surface area contributed by atoms with Crippen LogP contribution in [-0.4, -0.2) is 68.9 Å². The standard InChI is InChI=1S/C27H27N5O5/c33-24-9-8-23(25(34)29-24)32-14-18-11-20(6-7-21(18)27(32)36)37-15-19-3-1-2-10-31(19)26(35)16-4-5-17-13-28-30-22(17)12-16/h4-7,11-13,19,23H,1-3,8-10,14-15H2,(H,28,30)(H,29,33,34)/t19-,23?/m0/s1. The molecule has 10 heteroatoms. The Morgan fingerprint density at radius 1 is 1.08 bits per heavy atom. The number of nitrogens with one attached hydrogen (secondary N) is 2. The van der Waals surface area contributed by atoms with Gasteiger partial charge in [-0.25, -0.2) is 0 Å². The molecular formula is C27H27N5O5. The molecule has 10 nitrogen and oxygen atoms in total. The second-order valence-electron chi connectivity index (χ2n) is 9.85. The zero-order chi connectivity index (χ0) is 25.5. The minimum atomic E-state index is -0.648. The number of hydrogen-bond donors (Lipinski definition) is 2. The fraction of sp³-hybridized carbons (Fsp3) is 0.370. The number of piperidine rings is 2. The number of amides is 4. The lowest BCUT2D eigenvalue weighted by molar-refractivity contribution is -0.136. The van der Waals surface area contributed by atoms with Crippen LogP contribution in [-0.2, 0) is 16.1 Å². The molecule has 3 aliphatic rings. The normalized spacial score (nSPS) is 21.8. The van der Waals surface area contributed by atoms with E-state index in [9.17, 15) is 19.2 Å². The molecule has 2 fully saturated rings. The highest BCUT2D eigenvalue weighted by Gasteiger charge is 2.39. The SMILES string of the molecule is O=C1CCC(N2Cc3cc(OC[C@@H]4CCCCN4C(=O)c4ccc5cn[nH]c5c4)ccc3C2=O)C(=O)N1. The number of H-pyrrole nitrogens is 1. The van der Waals surface area contributed by atoms with E-state index in [0.717, 1.165) is 35.7 Å². The quantitative estimate of drug-likeness (QED) is 0.518. The molecular weight excluding hydrogens is 474 g/mol. The van der Waals surface area contributed by atoms with Crippen molar-refractivity contribution in [2.24, 2.45) is 0 Å². The van der Waals surface area contributed by atoms with Gasteiger partial charge in [-0.3, -0.25) is 29.6 Å². The minimum absolute atomic E-state index is 0.0239. The van der Waals surface area contributed by atoms with Gasteiger partial charge in [0.15, 0.2) is 0 Å². The van der Waals surface area contributed by atoms with Crippen LogP contribution in [0.3, 0.4) is 0 Å². The fourth-order valence-electron chi connectivity index (χ4n) is 5.51. The largest absolute Gasteiger partial charge is 0.491 e. The van der Waals surface area contributed by atoms with Crippen LogP contribution in [0.5, 0.6) is 5.75 Å². The minimum Gasteiger partial charge on any atom is -0.491 e. The average Bonchev–Trinajstić information content (AvgIpc) is 3.51. The highest BCUT2D eigenvalue weighted by atomic mass is 16.5. The molecule has 2 atom stereocenters. The van der Waals surface area contributed by atoms with Crippen molar-refractivity contribution < 1.29 is 23.9 Å². The smallest absolute Gasteiger partial charge is 0.255 e. The third-order valence-corrected chi connectivity index (χ3v) is 7.51. The van der Waals surface area contributed by atoms with Gasteiger partial charge in [0.05, 0.1) is 17.8 Å². The van der Waals surface area contributed by atoms with Gasteiger partial charge in [-0.1, -0.05) is 6.07 Å². The molecule has 6 rings (SSSR count). The van der Waals surface area contributed by atoms with E-state index in [1.807, 2.05) is 29.2 Å². The van der Waals surface area contributed by atoms with Crippen molar-refractivity contribution in [3.8, 4) is 5.75 Å². The zero-order valence-corrected chi connectivity index (χ0v) is 20.2. The number of rotatable bonds is 5. The Balaban J connectivity index is 1.13. The van der Waals surface area contributed by atoms with E-state index in [1.165, 1.54) is 4.90 Å². The molecule has 0 radical (unpaired) electrons. The lowest BCUT2D eigenvalue weighted by Crippen LogP contribution is -2.52. The first-order valence-electron chi connectivity index (χ1n) is 12.6. The molecule has 4 heterocycles. The molecule has 0 saturated carbocycles. The van der Waals surface area contributed by atoms with Crippen molar-refractivity contribution in [3.05, 3.63) is 59.3 Å². The Morgan fingerprint density at radius 3 is 2.84 bits per heavy atom. The Labute approximate surface area is 212 Å². The van der Waals surface area contributed by atoms with Gasteiger partial charge in [0, 0.05) is 36.0 Å². The van der Waals surface area contributed by atoms with E-state index in [0.29, 0.717) is 43.0 Å². The first-order chi connectivity index (χ1) is 18.0. The van der Waals surface area contributed by atoms with Crippen molar-refractivity contribution in [1.82, 2.24) is 25.3 Å². The van der Waals surface area contributed by atoms with Crippen molar-refractivity contribution in [3.63, 3.8) is 0 Å². The third kappa shape index (κ3) is 4.32. The Morgan fingerprint density at radius 2 is 1.97 bits per heavy atom. The number of aromatic nitrogens is 2. The van der Waals surface area contributed by atoms with Crippen LogP contribution in [0.1, 0.15) is 58.4 Å². The second-order valence-corrected chi connectivity index (χ2v) is 9.85. The summed E-state index contributed by atoms with van der Waals surface area (Å²) >= 11 is 0. The van der Waals surface area contributed by atoms with Crippen molar-refractivity contribution in [2.45, 2.75) is 50.7 Å². The predicted molar refractivity (Wildman–Crippen MR) is 133 cm³/mol. The number of aromatic amines is 1. The third-order valence-electron chi connectivity index (χ3n) is 7.51. The first-order valence-corrected chi connectivity index (χ1v) is 12.6. The van der Waals surface area contributed by atoms with Gasteiger partial charge in [0.2, 0.25) is 11.8 Å². The summed E-state index contributed by atoms with van der Waals surface area (Å²) in [6.07, 6.45) is 5.10. The number of ether oxygens (including phenoxy) is 1. The molecule has 3 aliphatic heterocycles. The van der Waals surface area contributed by atoms with Crippen LogP contribution in [0.4, 0.5) is 0 Å². The van der Waals surface area contributed by atoms with Crippen LogP contribution in [0, 0.1) is 0 Å². The van der Waals surface area contributed by atoms with Crippen molar-refractivity contribution in [1.29, 1.82) is 0 Å². The molecule has 2 saturated heterocycles. The number of nitrogens with zero attached hydrogens (tertiary/aromatic N) is 3. The van der Waals surface area contributed by atoms with Crippen LogP contribution >= 0.6 is 0 Å². The first kappa shape index (κ1) is 23.2. The van der Waals surface area contributed by atoms with E-state index >= 15 is 0 Å². The highest BCUT2D eigenvalue weighted by Crippen LogP contribution is 2.31. The average molecular weight is 502 g/mol. The van der Waals surface area contributed by atoms with Gasteiger partial charge in [-0.15, -0.1) is 0 Å². The number of hydrogen-bond acceptors (Lipinski definition) is 6. The number of likely N-dealkylation sites (tertiary alicyclic amines) is 1. The summed E-state index contributed by atoms with van der Waals surface area (Å²) in [5, 5.41) is 10.2. The Kier molecular flexibility index (Phi) is 5.86. The maximum atomic E-state index is 13.3. The molecule has 0 aliphatic carbocycles. The number of carbonyl (C=O) groups excluding carboxylic acids is 4. The molecule has 4 amide bonds. The summed E-state index contributed by atoms with van der Waals surface area (Å²) in [5.41, 5.74) is 2.78.